The van der Waals surface area contributed by atoms with Crippen molar-refractivity contribution >= 4 is 22.5 Å². The summed E-state index contributed by atoms with van der Waals surface area (Å²) in [5, 5.41) is 5.29. The number of nitrogens with zero attached hydrogens (tertiary/aromatic N) is 1. The number of fused-ring (bicyclic) bond motifs is 2. The Labute approximate surface area is 169 Å². The van der Waals surface area contributed by atoms with Crippen molar-refractivity contribution in [3.63, 3.8) is 0 Å². The van der Waals surface area contributed by atoms with Crippen LogP contribution in [0.1, 0.15) is 5.56 Å². The molecule has 29 heavy (non-hydrogen) atoms. The third-order valence-electron chi connectivity index (χ3n) is 5.68. The van der Waals surface area contributed by atoms with E-state index in [1.807, 2.05) is 41.3 Å². The lowest BCUT2D eigenvalue weighted by atomic mass is 10.1. The van der Waals surface area contributed by atoms with Crippen LogP contribution in [0.15, 0.2) is 60.7 Å². The minimum Gasteiger partial charge on any atom is -0.454 e. The van der Waals surface area contributed by atoms with Gasteiger partial charge in [0.2, 0.25) is 6.79 Å². The van der Waals surface area contributed by atoms with Gasteiger partial charge in [0.15, 0.2) is 11.5 Å². The molecule has 3 aromatic carbocycles. The minimum atomic E-state index is -0.0246. The Morgan fingerprint density at radius 2 is 1.76 bits per heavy atom. The number of benzene rings is 3. The van der Waals surface area contributed by atoms with E-state index in [1.54, 1.807) is 0 Å². The normalized spacial score (nSPS) is 16.2. The van der Waals surface area contributed by atoms with Crippen molar-refractivity contribution in [2.75, 3.05) is 38.3 Å². The molecule has 0 aromatic heterocycles. The van der Waals surface area contributed by atoms with E-state index in [4.69, 9.17) is 9.47 Å². The maximum Gasteiger partial charge on any atom is 0.322 e. The Bertz CT molecular complexity index is 1040. The van der Waals surface area contributed by atoms with E-state index in [-0.39, 0.29) is 6.03 Å². The Morgan fingerprint density at radius 1 is 0.966 bits per heavy atom. The zero-order valence-electron chi connectivity index (χ0n) is 16.2. The average Bonchev–Trinajstić information content (AvgIpc) is 3.22. The van der Waals surface area contributed by atoms with Gasteiger partial charge in [-0.3, -0.25) is 0 Å². The lowest BCUT2D eigenvalue weighted by Gasteiger charge is -2.32. The van der Waals surface area contributed by atoms with Gasteiger partial charge >= 0.3 is 6.03 Å². The molecule has 0 aliphatic carbocycles. The van der Waals surface area contributed by atoms with Crippen molar-refractivity contribution in [2.24, 2.45) is 0 Å². The van der Waals surface area contributed by atoms with Gasteiger partial charge in [0.1, 0.15) is 6.54 Å². The highest BCUT2D eigenvalue weighted by atomic mass is 16.7. The van der Waals surface area contributed by atoms with Crippen LogP contribution in [0, 0.1) is 0 Å². The third kappa shape index (κ3) is 3.71. The van der Waals surface area contributed by atoms with Crippen LogP contribution in [-0.4, -0.2) is 43.9 Å². The molecule has 2 aliphatic rings. The Kier molecular flexibility index (Phi) is 4.69. The van der Waals surface area contributed by atoms with Crippen molar-refractivity contribution < 1.29 is 19.2 Å². The first-order chi connectivity index (χ1) is 14.3. The molecule has 0 radical (unpaired) electrons. The number of carbonyl (C=O) groups excluding carboxylic acids is 1. The predicted octanol–water partition coefficient (Wildman–Crippen LogP) is 2.50. The molecule has 2 aliphatic heterocycles. The largest absolute Gasteiger partial charge is 0.454 e. The van der Waals surface area contributed by atoms with Gasteiger partial charge in [-0.1, -0.05) is 36.4 Å². The number of hydrogen-bond acceptors (Lipinski definition) is 3. The van der Waals surface area contributed by atoms with Crippen LogP contribution in [0.25, 0.3) is 10.8 Å². The highest BCUT2D eigenvalue weighted by Crippen LogP contribution is 2.32. The highest BCUT2D eigenvalue weighted by Gasteiger charge is 2.25. The number of carbonyl (C=O) groups is 1. The molecule has 1 fully saturated rings. The predicted molar refractivity (Wildman–Crippen MR) is 112 cm³/mol. The average molecular weight is 390 g/mol. The molecule has 3 aromatic rings. The molecule has 5 rings (SSSR count). The number of piperazine rings is 1. The molecule has 6 nitrogen and oxygen atoms in total. The van der Waals surface area contributed by atoms with Gasteiger partial charge in [0, 0.05) is 10.9 Å². The summed E-state index contributed by atoms with van der Waals surface area (Å²) in [5.74, 6) is 1.65. The molecule has 148 valence electrons. The quantitative estimate of drug-likeness (QED) is 0.723. The van der Waals surface area contributed by atoms with E-state index in [0.717, 1.165) is 60.7 Å². The number of rotatable bonds is 3. The second-order valence-electron chi connectivity index (χ2n) is 7.56. The van der Waals surface area contributed by atoms with E-state index in [9.17, 15) is 4.79 Å². The van der Waals surface area contributed by atoms with Crippen LogP contribution in [0.4, 0.5) is 10.5 Å². The summed E-state index contributed by atoms with van der Waals surface area (Å²) in [6.45, 7) is 4.58. The van der Waals surface area contributed by atoms with Crippen LogP contribution < -0.4 is 19.7 Å². The number of quaternary nitrogens is 1. The van der Waals surface area contributed by atoms with Gasteiger partial charge in [0.25, 0.3) is 0 Å². The van der Waals surface area contributed by atoms with Crippen LogP contribution in [0.5, 0.6) is 11.5 Å². The summed E-state index contributed by atoms with van der Waals surface area (Å²) in [6, 6.07) is 20.2. The Morgan fingerprint density at radius 3 is 2.66 bits per heavy atom. The lowest BCUT2D eigenvalue weighted by Crippen LogP contribution is -3.13. The molecule has 6 heteroatoms. The van der Waals surface area contributed by atoms with Crippen molar-refractivity contribution in [1.29, 1.82) is 0 Å². The van der Waals surface area contributed by atoms with E-state index in [0.29, 0.717) is 6.79 Å². The smallest absolute Gasteiger partial charge is 0.322 e. The topological polar surface area (TPSA) is 55.2 Å². The van der Waals surface area contributed by atoms with Crippen molar-refractivity contribution in [1.82, 2.24) is 4.90 Å². The molecule has 0 atom stereocenters. The summed E-state index contributed by atoms with van der Waals surface area (Å²) in [4.78, 5) is 16.2. The molecule has 2 N–H and O–H groups in total. The van der Waals surface area contributed by atoms with Gasteiger partial charge in [-0.05, 0) is 29.7 Å². The van der Waals surface area contributed by atoms with Gasteiger partial charge in [-0.2, -0.15) is 0 Å². The number of hydrogen-bond donors (Lipinski definition) is 2. The second-order valence-corrected chi connectivity index (χ2v) is 7.56. The van der Waals surface area contributed by atoms with Gasteiger partial charge in [-0.15, -0.1) is 0 Å². The SMILES string of the molecule is O=C(Nc1cccc2ccccc12)N1CC[NH+](Cc2ccc3c(c2)OCO3)CC1. The molecule has 1 saturated heterocycles. The summed E-state index contributed by atoms with van der Waals surface area (Å²) in [6.07, 6.45) is 0. The van der Waals surface area contributed by atoms with E-state index >= 15 is 0 Å². The molecule has 0 bridgehead atoms. The van der Waals surface area contributed by atoms with Crippen LogP contribution in [0.2, 0.25) is 0 Å². The van der Waals surface area contributed by atoms with E-state index in [1.165, 1.54) is 10.5 Å². The maximum absolute atomic E-state index is 12.8. The molecule has 2 heterocycles. The van der Waals surface area contributed by atoms with Crippen LogP contribution in [0.3, 0.4) is 0 Å². The van der Waals surface area contributed by atoms with Crippen molar-refractivity contribution in [3.05, 3.63) is 66.2 Å². The summed E-state index contributed by atoms with van der Waals surface area (Å²) in [5.41, 5.74) is 2.10. The van der Waals surface area contributed by atoms with E-state index in [2.05, 4.69) is 29.6 Å². The van der Waals surface area contributed by atoms with Gasteiger partial charge in [-0.25, -0.2) is 4.79 Å². The van der Waals surface area contributed by atoms with Crippen molar-refractivity contribution in [2.45, 2.75) is 6.54 Å². The molecule has 0 unspecified atom stereocenters. The number of urea groups is 1. The maximum atomic E-state index is 12.8. The molecular weight excluding hydrogens is 366 g/mol. The van der Waals surface area contributed by atoms with Crippen molar-refractivity contribution in [3.8, 4) is 11.5 Å². The molecule has 0 saturated carbocycles. The van der Waals surface area contributed by atoms with E-state index < -0.39 is 0 Å². The highest BCUT2D eigenvalue weighted by molar-refractivity contribution is 6.01. The third-order valence-corrected chi connectivity index (χ3v) is 5.68. The lowest BCUT2D eigenvalue weighted by molar-refractivity contribution is -0.917. The standard InChI is InChI=1S/C23H23N3O3/c27-23(24-20-7-3-5-18-4-1-2-6-19(18)20)26-12-10-25(11-13-26)15-17-8-9-21-22(14-17)29-16-28-21/h1-9,14H,10-13,15-16H2,(H,24,27)/p+1. The number of nitrogens with one attached hydrogen (secondary N) is 2. The first-order valence-corrected chi connectivity index (χ1v) is 10.0. The number of ether oxygens (including phenoxy) is 2. The first-order valence-electron chi connectivity index (χ1n) is 10.0. The zero-order valence-corrected chi connectivity index (χ0v) is 16.2. The fourth-order valence-electron chi connectivity index (χ4n) is 4.07. The van der Waals surface area contributed by atoms with Crippen LogP contribution in [-0.2, 0) is 6.54 Å². The summed E-state index contributed by atoms with van der Waals surface area (Å²) < 4.78 is 10.9. The fourth-order valence-corrected chi connectivity index (χ4v) is 4.07. The number of amides is 2. The monoisotopic (exact) mass is 390 g/mol. The first kappa shape index (κ1) is 17.8. The Balaban J connectivity index is 1.19. The minimum absolute atomic E-state index is 0.0246. The molecular formula is C23H24N3O3+. The second kappa shape index (κ2) is 7.64. The van der Waals surface area contributed by atoms with Crippen LogP contribution >= 0.6 is 0 Å². The summed E-state index contributed by atoms with van der Waals surface area (Å²) >= 11 is 0. The fraction of sp³-hybridized carbons (Fsp3) is 0.261. The molecule has 2 amide bonds. The molecule has 0 spiro atoms. The Hall–Kier alpha value is -3.25. The zero-order chi connectivity index (χ0) is 19.6. The van der Waals surface area contributed by atoms with Gasteiger partial charge < -0.3 is 24.6 Å². The number of anilines is 1. The van der Waals surface area contributed by atoms with Gasteiger partial charge in [0.05, 0.1) is 31.9 Å². The summed E-state index contributed by atoms with van der Waals surface area (Å²) in [7, 11) is 0.